The molecule has 0 heterocycles. The van der Waals surface area contributed by atoms with Gasteiger partial charge in [-0.3, -0.25) is 4.79 Å². The maximum absolute atomic E-state index is 11.0. The molecule has 4 heteroatoms. The first-order valence-electron chi connectivity index (χ1n) is 4.20. The summed E-state index contributed by atoms with van der Waals surface area (Å²) >= 11 is 0. The van der Waals surface area contributed by atoms with E-state index in [2.05, 4.69) is 5.32 Å². The first-order valence-corrected chi connectivity index (χ1v) is 4.20. The van der Waals surface area contributed by atoms with Crippen molar-refractivity contribution in [3.63, 3.8) is 0 Å². The topological polar surface area (TPSA) is 58.4 Å². The minimum absolute atomic E-state index is 0.0341. The number of likely N-dealkylation sites (N-methyl/N-ethyl adjacent to an activating group) is 1. The van der Waals surface area contributed by atoms with Crippen LogP contribution < -0.4 is 11.1 Å². The molecule has 1 atom stereocenters. The van der Waals surface area contributed by atoms with E-state index in [1.165, 1.54) is 0 Å². The molecule has 0 aromatic rings. The van der Waals surface area contributed by atoms with Crippen LogP contribution >= 0.6 is 0 Å². The molecule has 72 valence electrons. The number of carbonyl (C=O) groups is 1. The van der Waals surface area contributed by atoms with Crippen LogP contribution in [0.1, 0.15) is 13.3 Å². The first kappa shape index (κ1) is 11.4. The normalized spacial score (nSPS) is 13.1. The Balaban J connectivity index is 3.54. The maximum atomic E-state index is 11.0. The SMILES string of the molecule is CC(CN(C)C)NC(=O)CCN. The van der Waals surface area contributed by atoms with Gasteiger partial charge in [-0.15, -0.1) is 0 Å². The molecular weight excluding hydrogens is 154 g/mol. The van der Waals surface area contributed by atoms with Crippen molar-refractivity contribution in [3.8, 4) is 0 Å². The van der Waals surface area contributed by atoms with Gasteiger partial charge in [-0.2, -0.15) is 0 Å². The molecule has 0 aliphatic heterocycles. The highest BCUT2D eigenvalue weighted by Crippen LogP contribution is 1.86. The zero-order chi connectivity index (χ0) is 9.56. The third-order valence-corrected chi connectivity index (χ3v) is 1.42. The lowest BCUT2D eigenvalue weighted by atomic mass is 10.3. The fraction of sp³-hybridized carbons (Fsp3) is 0.875. The lowest BCUT2D eigenvalue weighted by Crippen LogP contribution is -2.40. The fourth-order valence-electron chi connectivity index (χ4n) is 1.07. The average molecular weight is 173 g/mol. The Labute approximate surface area is 74.1 Å². The Bertz CT molecular complexity index is 136. The molecule has 3 N–H and O–H groups in total. The second-order valence-corrected chi connectivity index (χ2v) is 3.27. The second kappa shape index (κ2) is 5.97. The predicted octanol–water partition coefficient (Wildman–Crippen LogP) is -0.598. The van der Waals surface area contributed by atoms with Gasteiger partial charge in [-0.05, 0) is 21.0 Å². The summed E-state index contributed by atoms with van der Waals surface area (Å²) in [6.45, 7) is 3.26. The summed E-state index contributed by atoms with van der Waals surface area (Å²) < 4.78 is 0. The molecule has 0 aromatic carbocycles. The quantitative estimate of drug-likeness (QED) is 0.584. The summed E-state index contributed by atoms with van der Waals surface area (Å²) in [6.07, 6.45) is 0.414. The Kier molecular flexibility index (Phi) is 5.66. The van der Waals surface area contributed by atoms with Gasteiger partial charge < -0.3 is 16.0 Å². The Morgan fingerprint density at radius 2 is 2.17 bits per heavy atom. The van der Waals surface area contributed by atoms with Crippen LogP contribution in [0.15, 0.2) is 0 Å². The van der Waals surface area contributed by atoms with Gasteiger partial charge in [0.25, 0.3) is 0 Å². The third-order valence-electron chi connectivity index (χ3n) is 1.42. The standard InChI is InChI=1S/C8H19N3O/c1-7(6-11(2)3)10-8(12)4-5-9/h7H,4-6,9H2,1-3H3,(H,10,12). The number of hydrogen-bond donors (Lipinski definition) is 2. The van der Waals surface area contributed by atoms with Crippen molar-refractivity contribution in [1.29, 1.82) is 0 Å². The minimum Gasteiger partial charge on any atom is -0.352 e. The van der Waals surface area contributed by atoms with Gasteiger partial charge >= 0.3 is 0 Å². The van der Waals surface area contributed by atoms with Gasteiger partial charge in [-0.25, -0.2) is 0 Å². The number of rotatable bonds is 5. The van der Waals surface area contributed by atoms with E-state index in [0.29, 0.717) is 13.0 Å². The second-order valence-electron chi connectivity index (χ2n) is 3.27. The smallest absolute Gasteiger partial charge is 0.221 e. The van der Waals surface area contributed by atoms with Crippen molar-refractivity contribution >= 4 is 5.91 Å². The largest absolute Gasteiger partial charge is 0.352 e. The molecule has 0 fully saturated rings. The van der Waals surface area contributed by atoms with E-state index in [-0.39, 0.29) is 11.9 Å². The maximum Gasteiger partial charge on any atom is 0.221 e. The summed E-state index contributed by atoms with van der Waals surface area (Å²) in [4.78, 5) is 13.1. The molecule has 1 amide bonds. The highest BCUT2D eigenvalue weighted by molar-refractivity contribution is 5.76. The molecule has 0 aromatic heterocycles. The molecular formula is C8H19N3O. The van der Waals surface area contributed by atoms with Gasteiger partial charge in [-0.1, -0.05) is 0 Å². The summed E-state index contributed by atoms with van der Waals surface area (Å²) in [5.41, 5.74) is 5.24. The van der Waals surface area contributed by atoms with Gasteiger partial charge in [0, 0.05) is 25.6 Å². The lowest BCUT2D eigenvalue weighted by molar-refractivity contribution is -0.121. The fourth-order valence-corrected chi connectivity index (χ4v) is 1.07. The van der Waals surface area contributed by atoms with Gasteiger partial charge in [0.1, 0.15) is 0 Å². The van der Waals surface area contributed by atoms with Gasteiger partial charge in [0.2, 0.25) is 5.91 Å². The van der Waals surface area contributed by atoms with Crippen LogP contribution in [0.5, 0.6) is 0 Å². The van der Waals surface area contributed by atoms with E-state index in [1.807, 2.05) is 25.9 Å². The van der Waals surface area contributed by atoms with Crippen LogP contribution in [0, 0.1) is 0 Å². The van der Waals surface area contributed by atoms with Crippen LogP contribution in [0.4, 0.5) is 0 Å². The Morgan fingerprint density at radius 3 is 2.58 bits per heavy atom. The molecule has 1 unspecified atom stereocenters. The van der Waals surface area contributed by atoms with E-state index >= 15 is 0 Å². The average Bonchev–Trinajstić information content (AvgIpc) is 1.84. The molecule has 0 spiro atoms. The Morgan fingerprint density at radius 1 is 1.58 bits per heavy atom. The van der Waals surface area contributed by atoms with Crippen molar-refractivity contribution < 1.29 is 4.79 Å². The summed E-state index contributed by atoms with van der Waals surface area (Å²) in [7, 11) is 3.96. The number of nitrogens with zero attached hydrogens (tertiary/aromatic N) is 1. The van der Waals surface area contributed by atoms with E-state index in [9.17, 15) is 4.79 Å². The lowest BCUT2D eigenvalue weighted by Gasteiger charge is -2.17. The number of nitrogens with one attached hydrogen (secondary N) is 1. The zero-order valence-electron chi connectivity index (χ0n) is 8.13. The van der Waals surface area contributed by atoms with E-state index in [4.69, 9.17) is 5.73 Å². The molecule has 0 aliphatic carbocycles. The summed E-state index contributed by atoms with van der Waals surface area (Å²) in [6, 6.07) is 0.194. The minimum atomic E-state index is 0.0341. The summed E-state index contributed by atoms with van der Waals surface area (Å²) in [5, 5.41) is 2.85. The predicted molar refractivity (Wildman–Crippen MR) is 49.8 cm³/mol. The van der Waals surface area contributed by atoms with Crippen molar-refractivity contribution in [1.82, 2.24) is 10.2 Å². The van der Waals surface area contributed by atoms with Crippen LogP contribution in [0.3, 0.4) is 0 Å². The van der Waals surface area contributed by atoms with Crippen molar-refractivity contribution in [3.05, 3.63) is 0 Å². The highest BCUT2D eigenvalue weighted by Gasteiger charge is 2.06. The zero-order valence-corrected chi connectivity index (χ0v) is 8.13. The molecule has 0 radical (unpaired) electrons. The number of hydrogen-bond acceptors (Lipinski definition) is 3. The van der Waals surface area contributed by atoms with Crippen LogP contribution in [-0.4, -0.2) is 44.0 Å². The molecule has 4 nitrogen and oxygen atoms in total. The van der Waals surface area contributed by atoms with E-state index in [1.54, 1.807) is 0 Å². The molecule has 0 bridgehead atoms. The first-order chi connectivity index (χ1) is 5.56. The van der Waals surface area contributed by atoms with Crippen LogP contribution in [0.2, 0.25) is 0 Å². The van der Waals surface area contributed by atoms with Crippen molar-refractivity contribution in [2.24, 2.45) is 5.73 Å². The molecule has 0 aliphatic rings. The van der Waals surface area contributed by atoms with E-state index in [0.717, 1.165) is 6.54 Å². The highest BCUT2D eigenvalue weighted by atomic mass is 16.1. The monoisotopic (exact) mass is 173 g/mol. The molecule has 0 saturated carbocycles. The van der Waals surface area contributed by atoms with Crippen LogP contribution in [0.25, 0.3) is 0 Å². The number of amides is 1. The summed E-state index contributed by atoms with van der Waals surface area (Å²) in [5.74, 6) is 0.0341. The Hall–Kier alpha value is -0.610. The van der Waals surface area contributed by atoms with Crippen molar-refractivity contribution in [2.45, 2.75) is 19.4 Å². The van der Waals surface area contributed by atoms with Crippen LogP contribution in [-0.2, 0) is 4.79 Å². The molecule has 0 rings (SSSR count). The number of carbonyl (C=O) groups excluding carboxylic acids is 1. The van der Waals surface area contributed by atoms with E-state index < -0.39 is 0 Å². The van der Waals surface area contributed by atoms with Gasteiger partial charge in [0.15, 0.2) is 0 Å². The number of nitrogens with two attached hydrogens (primary N) is 1. The molecule has 0 saturated heterocycles. The van der Waals surface area contributed by atoms with Crippen molar-refractivity contribution in [2.75, 3.05) is 27.2 Å². The molecule has 12 heavy (non-hydrogen) atoms. The van der Waals surface area contributed by atoms with Gasteiger partial charge in [0.05, 0.1) is 0 Å². The third kappa shape index (κ3) is 6.12.